The molecule has 0 saturated carbocycles. The fourth-order valence-corrected chi connectivity index (χ4v) is 3.19. The Hall–Kier alpha value is -3.67. The average Bonchev–Trinajstić information content (AvgIpc) is 3.05. The molecule has 0 atom stereocenters. The van der Waals surface area contributed by atoms with Crippen LogP contribution in [0, 0.1) is 6.92 Å². The molecule has 0 radical (unpaired) electrons. The molecule has 0 fully saturated rings. The molecule has 140 valence electrons. The van der Waals surface area contributed by atoms with Gasteiger partial charge in [0.2, 0.25) is 0 Å². The number of aromatic nitrogens is 1. The van der Waals surface area contributed by atoms with Crippen molar-refractivity contribution >= 4 is 33.7 Å². The van der Waals surface area contributed by atoms with Gasteiger partial charge in [0.15, 0.2) is 0 Å². The van der Waals surface area contributed by atoms with E-state index >= 15 is 0 Å². The van der Waals surface area contributed by atoms with Crippen molar-refractivity contribution in [3.8, 4) is 5.75 Å². The Balaban J connectivity index is 1.91. The molecule has 0 N–H and O–H groups in total. The van der Waals surface area contributed by atoms with E-state index in [1.54, 1.807) is 32.0 Å². The number of rotatable bonds is 4. The third-order valence-electron chi connectivity index (χ3n) is 4.43. The van der Waals surface area contributed by atoms with E-state index in [0.717, 1.165) is 5.39 Å². The lowest BCUT2D eigenvalue weighted by molar-refractivity contribution is 0.0526. The van der Waals surface area contributed by atoms with Crippen molar-refractivity contribution in [2.45, 2.75) is 13.8 Å². The SMILES string of the molecule is CCOC(=O)c1c(C)oc2c1cc(OC(=O)c1ccncc1)c1ccccc12. The van der Waals surface area contributed by atoms with Gasteiger partial charge in [-0.3, -0.25) is 4.98 Å². The summed E-state index contributed by atoms with van der Waals surface area (Å²) in [4.78, 5) is 28.9. The Morgan fingerprint density at radius 2 is 1.71 bits per heavy atom. The molecule has 0 spiro atoms. The summed E-state index contributed by atoms with van der Waals surface area (Å²) in [5, 5.41) is 2.00. The number of nitrogens with zero attached hydrogens (tertiary/aromatic N) is 1. The number of furan rings is 1. The van der Waals surface area contributed by atoms with Crippen molar-refractivity contribution in [3.05, 3.63) is 71.7 Å². The molecule has 28 heavy (non-hydrogen) atoms. The van der Waals surface area contributed by atoms with Crippen LogP contribution in [0.4, 0.5) is 0 Å². The second-order valence-electron chi connectivity index (χ2n) is 6.18. The van der Waals surface area contributed by atoms with Crippen molar-refractivity contribution in [2.75, 3.05) is 6.61 Å². The van der Waals surface area contributed by atoms with Crippen molar-refractivity contribution < 1.29 is 23.5 Å². The van der Waals surface area contributed by atoms with Crippen LogP contribution in [0.5, 0.6) is 5.75 Å². The number of pyridine rings is 1. The molecule has 0 bridgehead atoms. The molecule has 0 amide bonds. The van der Waals surface area contributed by atoms with Crippen LogP contribution >= 0.6 is 0 Å². The van der Waals surface area contributed by atoms with Gasteiger partial charge in [-0.15, -0.1) is 0 Å². The standard InChI is InChI=1S/C22H17NO5/c1-3-26-22(25)19-13(2)27-20-16-7-5-4-6-15(16)18(12-17(19)20)28-21(24)14-8-10-23-11-9-14/h4-12H,3H2,1-2H3. The van der Waals surface area contributed by atoms with Crippen LogP contribution < -0.4 is 4.74 Å². The van der Waals surface area contributed by atoms with E-state index in [9.17, 15) is 9.59 Å². The third-order valence-corrected chi connectivity index (χ3v) is 4.43. The lowest BCUT2D eigenvalue weighted by atomic mass is 10.0. The third kappa shape index (κ3) is 2.99. The van der Waals surface area contributed by atoms with Gasteiger partial charge in [0.1, 0.15) is 22.7 Å². The Kier molecular flexibility index (Phi) is 4.53. The van der Waals surface area contributed by atoms with Gasteiger partial charge in [-0.1, -0.05) is 24.3 Å². The molecule has 4 aromatic rings. The summed E-state index contributed by atoms with van der Waals surface area (Å²) in [6.45, 7) is 3.71. The summed E-state index contributed by atoms with van der Waals surface area (Å²) in [5.74, 6) is -0.183. The Bertz CT molecular complexity index is 1190. The Morgan fingerprint density at radius 1 is 1.00 bits per heavy atom. The predicted octanol–water partition coefficient (Wildman–Crippen LogP) is 4.69. The number of carbonyl (C=O) groups is 2. The Labute approximate surface area is 160 Å². The molecule has 6 heteroatoms. The quantitative estimate of drug-likeness (QED) is 0.380. The van der Waals surface area contributed by atoms with Crippen molar-refractivity contribution in [1.29, 1.82) is 0 Å². The molecule has 6 nitrogen and oxygen atoms in total. The summed E-state index contributed by atoms with van der Waals surface area (Å²) >= 11 is 0. The molecular weight excluding hydrogens is 358 g/mol. The fourth-order valence-electron chi connectivity index (χ4n) is 3.19. The number of carbonyl (C=O) groups excluding carboxylic acids is 2. The van der Waals surface area contributed by atoms with E-state index in [4.69, 9.17) is 13.9 Å². The van der Waals surface area contributed by atoms with Crippen LogP contribution in [-0.4, -0.2) is 23.5 Å². The zero-order chi connectivity index (χ0) is 19.7. The van der Waals surface area contributed by atoms with Gasteiger partial charge in [-0.2, -0.15) is 0 Å². The highest BCUT2D eigenvalue weighted by Gasteiger charge is 2.23. The van der Waals surface area contributed by atoms with Gasteiger partial charge in [-0.05, 0) is 32.0 Å². The second kappa shape index (κ2) is 7.15. The summed E-state index contributed by atoms with van der Waals surface area (Å²) in [6.07, 6.45) is 3.05. The number of ether oxygens (including phenoxy) is 2. The Morgan fingerprint density at radius 3 is 2.43 bits per heavy atom. The van der Waals surface area contributed by atoms with E-state index in [1.807, 2.05) is 24.3 Å². The zero-order valence-corrected chi connectivity index (χ0v) is 15.4. The highest BCUT2D eigenvalue weighted by atomic mass is 16.5. The van der Waals surface area contributed by atoms with Crippen LogP contribution in [0.1, 0.15) is 33.4 Å². The average molecular weight is 375 g/mol. The first kappa shape index (κ1) is 17.7. The largest absolute Gasteiger partial charge is 0.462 e. The molecule has 4 rings (SSSR count). The minimum atomic E-state index is -0.509. The topological polar surface area (TPSA) is 78.6 Å². The maximum absolute atomic E-state index is 12.6. The van der Waals surface area contributed by atoms with E-state index in [0.29, 0.717) is 39.0 Å². The summed E-state index contributed by atoms with van der Waals surface area (Å²) < 4.78 is 16.7. The van der Waals surface area contributed by atoms with Gasteiger partial charge < -0.3 is 13.9 Å². The van der Waals surface area contributed by atoms with Gasteiger partial charge in [0, 0.05) is 28.6 Å². The lowest BCUT2D eigenvalue weighted by Gasteiger charge is -2.09. The minimum absolute atomic E-state index is 0.252. The molecule has 2 heterocycles. The number of benzene rings is 2. The molecule has 0 aliphatic heterocycles. The summed E-state index contributed by atoms with van der Waals surface area (Å²) in [6, 6.07) is 12.2. The number of aryl methyl sites for hydroxylation is 1. The summed E-state index contributed by atoms with van der Waals surface area (Å²) in [5.41, 5.74) is 1.27. The molecular formula is C22H17NO5. The number of fused-ring (bicyclic) bond motifs is 3. The van der Waals surface area contributed by atoms with E-state index in [-0.39, 0.29) is 6.61 Å². The minimum Gasteiger partial charge on any atom is -0.462 e. The second-order valence-corrected chi connectivity index (χ2v) is 6.18. The normalized spacial score (nSPS) is 10.9. The highest BCUT2D eigenvalue weighted by Crippen LogP contribution is 2.38. The van der Waals surface area contributed by atoms with Crippen molar-refractivity contribution in [1.82, 2.24) is 4.98 Å². The maximum Gasteiger partial charge on any atom is 0.343 e. The number of hydrogen-bond acceptors (Lipinski definition) is 6. The van der Waals surface area contributed by atoms with Crippen LogP contribution in [0.3, 0.4) is 0 Å². The first-order chi connectivity index (χ1) is 13.6. The molecule has 0 aliphatic carbocycles. The maximum atomic E-state index is 12.6. The van der Waals surface area contributed by atoms with E-state index in [1.165, 1.54) is 12.4 Å². The van der Waals surface area contributed by atoms with Crippen LogP contribution in [0.15, 0.2) is 59.3 Å². The molecule has 2 aromatic heterocycles. The smallest absolute Gasteiger partial charge is 0.343 e. The van der Waals surface area contributed by atoms with Gasteiger partial charge in [-0.25, -0.2) is 9.59 Å². The van der Waals surface area contributed by atoms with Crippen molar-refractivity contribution in [2.24, 2.45) is 0 Å². The van der Waals surface area contributed by atoms with Crippen molar-refractivity contribution in [3.63, 3.8) is 0 Å². The summed E-state index contributed by atoms with van der Waals surface area (Å²) in [7, 11) is 0. The lowest BCUT2D eigenvalue weighted by Crippen LogP contribution is -2.09. The first-order valence-electron chi connectivity index (χ1n) is 8.84. The zero-order valence-electron chi connectivity index (χ0n) is 15.4. The first-order valence-corrected chi connectivity index (χ1v) is 8.84. The van der Waals surface area contributed by atoms with Crippen LogP contribution in [-0.2, 0) is 4.74 Å². The molecule has 2 aromatic carbocycles. The monoisotopic (exact) mass is 375 g/mol. The molecule has 0 aliphatic rings. The van der Waals surface area contributed by atoms with Crippen LogP contribution in [0.2, 0.25) is 0 Å². The van der Waals surface area contributed by atoms with Gasteiger partial charge in [0.05, 0.1) is 12.2 Å². The number of esters is 2. The molecule has 0 unspecified atom stereocenters. The predicted molar refractivity (Wildman–Crippen MR) is 104 cm³/mol. The number of hydrogen-bond donors (Lipinski definition) is 0. The van der Waals surface area contributed by atoms with Gasteiger partial charge in [0.25, 0.3) is 0 Å². The molecule has 0 saturated heterocycles. The fraction of sp³-hybridized carbons (Fsp3) is 0.136. The highest BCUT2D eigenvalue weighted by molar-refractivity contribution is 6.15. The van der Waals surface area contributed by atoms with E-state index in [2.05, 4.69) is 4.98 Å². The van der Waals surface area contributed by atoms with Crippen LogP contribution in [0.25, 0.3) is 21.7 Å². The van der Waals surface area contributed by atoms with E-state index < -0.39 is 11.9 Å². The van der Waals surface area contributed by atoms with Gasteiger partial charge >= 0.3 is 11.9 Å².